The van der Waals surface area contributed by atoms with Crippen LogP contribution in [0.25, 0.3) is 0 Å². The van der Waals surface area contributed by atoms with E-state index >= 15 is 0 Å². The Bertz CT molecular complexity index is 319. The second-order valence-electron chi connectivity index (χ2n) is 6.89. The highest BCUT2D eigenvalue weighted by atomic mass is 16.5. The Morgan fingerprint density at radius 2 is 2.20 bits per heavy atom. The molecule has 0 saturated carbocycles. The van der Waals surface area contributed by atoms with Crippen LogP contribution in [0.5, 0.6) is 0 Å². The first kappa shape index (κ1) is 14.8. The Hall–Kier alpha value is -0.160. The van der Waals surface area contributed by atoms with Crippen molar-refractivity contribution in [2.45, 2.75) is 63.1 Å². The summed E-state index contributed by atoms with van der Waals surface area (Å²) in [6.07, 6.45) is 8.16. The van der Waals surface area contributed by atoms with E-state index < -0.39 is 0 Å². The molecule has 3 rings (SSSR count). The molecule has 0 aromatic rings. The van der Waals surface area contributed by atoms with E-state index in [9.17, 15) is 0 Å². The van der Waals surface area contributed by atoms with Crippen LogP contribution in [0.2, 0.25) is 0 Å². The standard InChI is InChI=1S/C16H31N3O/c1-2-19(12-15-6-4-10-20-15)16(13-17)7-9-18-8-3-5-14(18)11-16/h14-15H,2-13,17H2,1H3. The molecule has 2 N–H and O–H groups in total. The largest absolute Gasteiger partial charge is 0.377 e. The second kappa shape index (κ2) is 6.30. The highest BCUT2D eigenvalue weighted by Gasteiger charge is 2.44. The first-order valence-corrected chi connectivity index (χ1v) is 8.58. The van der Waals surface area contributed by atoms with Crippen molar-refractivity contribution in [3.8, 4) is 0 Å². The minimum atomic E-state index is 0.228. The predicted octanol–water partition coefficient (Wildman–Crippen LogP) is 1.44. The van der Waals surface area contributed by atoms with Crippen molar-refractivity contribution in [3.63, 3.8) is 0 Å². The normalized spacial score (nSPS) is 38.5. The Morgan fingerprint density at radius 1 is 1.30 bits per heavy atom. The number of ether oxygens (including phenoxy) is 1. The van der Waals surface area contributed by atoms with Gasteiger partial charge in [0.2, 0.25) is 0 Å². The first-order valence-electron chi connectivity index (χ1n) is 8.58. The molecule has 3 heterocycles. The number of hydrogen-bond donors (Lipinski definition) is 1. The van der Waals surface area contributed by atoms with E-state index in [0.717, 1.165) is 32.3 Å². The zero-order valence-corrected chi connectivity index (χ0v) is 13.0. The topological polar surface area (TPSA) is 41.7 Å². The molecule has 20 heavy (non-hydrogen) atoms. The van der Waals surface area contributed by atoms with Gasteiger partial charge in [0.15, 0.2) is 0 Å². The van der Waals surface area contributed by atoms with E-state index in [1.807, 2.05) is 0 Å². The number of nitrogens with two attached hydrogens (primary N) is 1. The number of piperidine rings is 1. The van der Waals surface area contributed by atoms with Crippen LogP contribution >= 0.6 is 0 Å². The predicted molar refractivity (Wildman–Crippen MR) is 81.8 cm³/mol. The van der Waals surface area contributed by atoms with E-state index in [1.54, 1.807) is 0 Å². The molecule has 0 spiro atoms. The van der Waals surface area contributed by atoms with Gasteiger partial charge in [0.25, 0.3) is 0 Å². The quantitative estimate of drug-likeness (QED) is 0.828. The van der Waals surface area contributed by atoms with E-state index in [2.05, 4.69) is 16.7 Å². The number of hydrogen-bond acceptors (Lipinski definition) is 4. The second-order valence-corrected chi connectivity index (χ2v) is 6.89. The molecule has 0 amide bonds. The smallest absolute Gasteiger partial charge is 0.0703 e. The molecule has 0 radical (unpaired) electrons. The fourth-order valence-electron chi connectivity index (χ4n) is 4.61. The molecule has 116 valence electrons. The van der Waals surface area contributed by atoms with Crippen molar-refractivity contribution < 1.29 is 4.74 Å². The van der Waals surface area contributed by atoms with Crippen LogP contribution in [0, 0.1) is 0 Å². The van der Waals surface area contributed by atoms with Crippen molar-refractivity contribution >= 4 is 0 Å². The summed E-state index contributed by atoms with van der Waals surface area (Å²) in [5, 5.41) is 0. The van der Waals surface area contributed by atoms with Crippen LogP contribution in [0.15, 0.2) is 0 Å². The van der Waals surface area contributed by atoms with Crippen molar-refractivity contribution in [3.05, 3.63) is 0 Å². The summed E-state index contributed by atoms with van der Waals surface area (Å²) < 4.78 is 5.86. The molecule has 4 nitrogen and oxygen atoms in total. The van der Waals surface area contributed by atoms with E-state index in [4.69, 9.17) is 10.5 Å². The maximum absolute atomic E-state index is 6.27. The van der Waals surface area contributed by atoms with Crippen LogP contribution in [0.1, 0.15) is 45.4 Å². The number of nitrogens with zero attached hydrogens (tertiary/aromatic N) is 2. The fourth-order valence-corrected chi connectivity index (χ4v) is 4.61. The van der Waals surface area contributed by atoms with Gasteiger partial charge in [-0.1, -0.05) is 6.92 Å². The average molecular weight is 281 g/mol. The summed E-state index contributed by atoms with van der Waals surface area (Å²) in [6.45, 7) is 8.77. The maximum atomic E-state index is 6.27. The zero-order valence-electron chi connectivity index (χ0n) is 13.0. The lowest BCUT2D eigenvalue weighted by atomic mass is 9.81. The Morgan fingerprint density at radius 3 is 2.90 bits per heavy atom. The SMILES string of the molecule is CCN(CC1CCCO1)C1(CN)CCN2CCCC2C1. The van der Waals surface area contributed by atoms with Gasteiger partial charge in [-0.15, -0.1) is 0 Å². The van der Waals surface area contributed by atoms with Crippen molar-refractivity contribution in [1.29, 1.82) is 0 Å². The van der Waals surface area contributed by atoms with Gasteiger partial charge in [0.1, 0.15) is 0 Å². The van der Waals surface area contributed by atoms with E-state index in [0.29, 0.717) is 6.10 Å². The van der Waals surface area contributed by atoms with Crippen molar-refractivity contribution in [1.82, 2.24) is 9.80 Å². The molecule has 0 bridgehead atoms. The lowest BCUT2D eigenvalue weighted by Gasteiger charge is -2.50. The minimum Gasteiger partial charge on any atom is -0.377 e. The van der Waals surface area contributed by atoms with Gasteiger partial charge < -0.3 is 15.4 Å². The molecular formula is C16H31N3O. The van der Waals surface area contributed by atoms with Crippen molar-refractivity contribution in [2.75, 3.05) is 39.3 Å². The van der Waals surface area contributed by atoms with Crippen LogP contribution in [0.3, 0.4) is 0 Å². The lowest BCUT2D eigenvalue weighted by Crippen LogP contribution is -2.62. The van der Waals surface area contributed by atoms with Crippen LogP contribution in [-0.2, 0) is 4.74 Å². The highest BCUT2D eigenvalue weighted by Crippen LogP contribution is 2.36. The molecule has 0 aromatic carbocycles. The molecule has 0 aromatic heterocycles. The van der Waals surface area contributed by atoms with Crippen LogP contribution < -0.4 is 5.73 Å². The van der Waals surface area contributed by atoms with Gasteiger partial charge in [-0.3, -0.25) is 4.90 Å². The Balaban J connectivity index is 1.68. The third-order valence-electron chi connectivity index (χ3n) is 5.86. The molecule has 4 heteroatoms. The summed E-state index contributed by atoms with van der Waals surface area (Å²) in [4.78, 5) is 5.34. The Labute approximate surface area is 123 Å². The van der Waals surface area contributed by atoms with Crippen LogP contribution in [-0.4, -0.2) is 66.8 Å². The molecular weight excluding hydrogens is 250 g/mol. The third-order valence-corrected chi connectivity index (χ3v) is 5.86. The van der Waals surface area contributed by atoms with Gasteiger partial charge in [-0.05, 0) is 51.6 Å². The highest BCUT2D eigenvalue weighted by molar-refractivity contribution is 5.02. The summed E-state index contributed by atoms with van der Waals surface area (Å²) in [6, 6.07) is 0.783. The first-order chi connectivity index (χ1) is 9.77. The molecule has 3 atom stereocenters. The average Bonchev–Trinajstić information content (AvgIpc) is 3.14. The van der Waals surface area contributed by atoms with Gasteiger partial charge in [-0.25, -0.2) is 0 Å². The third kappa shape index (κ3) is 2.76. The van der Waals surface area contributed by atoms with Crippen molar-refractivity contribution in [2.24, 2.45) is 5.73 Å². The minimum absolute atomic E-state index is 0.228. The Kier molecular flexibility index (Phi) is 4.65. The summed E-state index contributed by atoms with van der Waals surface area (Å²) in [5.41, 5.74) is 6.50. The maximum Gasteiger partial charge on any atom is 0.0703 e. The van der Waals surface area contributed by atoms with Gasteiger partial charge in [0.05, 0.1) is 6.10 Å². The van der Waals surface area contributed by atoms with Gasteiger partial charge >= 0.3 is 0 Å². The van der Waals surface area contributed by atoms with Crippen LogP contribution in [0.4, 0.5) is 0 Å². The monoisotopic (exact) mass is 281 g/mol. The van der Waals surface area contributed by atoms with E-state index in [-0.39, 0.29) is 5.54 Å². The molecule has 3 fully saturated rings. The molecule has 3 unspecified atom stereocenters. The number of rotatable bonds is 5. The summed E-state index contributed by atoms with van der Waals surface area (Å²) in [5.74, 6) is 0. The zero-order chi connectivity index (χ0) is 14.0. The molecule has 3 saturated heterocycles. The van der Waals surface area contributed by atoms with Gasteiger partial charge in [0, 0.05) is 37.8 Å². The molecule has 3 aliphatic heterocycles. The summed E-state index contributed by atoms with van der Waals surface area (Å²) >= 11 is 0. The fraction of sp³-hybridized carbons (Fsp3) is 1.00. The lowest BCUT2D eigenvalue weighted by molar-refractivity contribution is -0.0185. The van der Waals surface area contributed by atoms with Gasteiger partial charge in [-0.2, -0.15) is 0 Å². The number of fused-ring (bicyclic) bond motifs is 1. The molecule has 3 aliphatic rings. The van der Waals surface area contributed by atoms with E-state index in [1.165, 1.54) is 51.6 Å². The number of likely N-dealkylation sites (N-methyl/N-ethyl adjacent to an activating group) is 1. The molecule has 0 aliphatic carbocycles. The summed E-state index contributed by atoms with van der Waals surface area (Å²) in [7, 11) is 0.